The number of methoxy groups -OCH3 is 1. The Hall–Kier alpha value is -3.75. The summed E-state index contributed by atoms with van der Waals surface area (Å²) in [5.74, 6) is 0.626. The second-order valence-electron chi connectivity index (χ2n) is 9.62. The van der Waals surface area contributed by atoms with E-state index in [9.17, 15) is 9.59 Å². The number of hydrogen-bond acceptors (Lipinski definition) is 6. The van der Waals surface area contributed by atoms with Gasteiger partial charge in [0, 0.05) is 24.3 Å². The average molecular weight is 584 g/mol. The molecular formula is C30H32Cl2N4O4. The number of para-hydroxylation sites is 1. The van der Waals surface area contributed by atoms with E-state index in [1.54, 1.807) is 39.4 Å². The maximum atomic E-state index is 13.5. The second-order valence-corrected chi connectivity index (χ2v) is 10.5. The van der Waals surface area contributed by atoms with E-state index in [1.807, 2.05) is 61.7 Å². The Kier molecular flexibility index (Phi) is 8.91. The van der Waals surface area contributed by atoms with Crippen LogP contribution in [0.25, 0.3) is 11.4 Å². The minimum absolute atomic E-state index is 0.0665. The van der Waals surface area contributed by atoms with E-state index in [4.69, 9.17) is 37.7 Å². The first-order chi connectivity index (χ1) is 19.1. The zero-order chi connectivity index (χ0) is 29.1. The highest BCUT2D eigenvalue weighted by atomic mass is 35.5. The maximum Gasteiger partial charge on any atom is 0.358 e. The van der Waals surface area contributed by atoms with Crippen LogP contribution in [0.3, 0.4) is 0 Å². The minimum atomic E-state index is -0.608. The number of halogens is 2. The first-order valence-electron chi connectivity index (χ1n) is 12.9. The van der Waals surface area contributed by atoms with E-state index < -0.39 is 12.0 Å². The summed E-state index contributed by atoms with van der Waals surface area (Å²) in [5, 5.41) is 4.17. The topological polar surface area (TPSA) is 87.4 Å². The fraction of sp³-hybridized carbons (Fsp3) is 0.300. The van der Waals surface area contributed by atoms with Crippen LogP contribution in [0.4, 0.5) is 5.69 Å². The number of hydrogen-bond donors (Lipinski definition) is 1. The molecule has 0 saturated heterocycles. The molecule has 1 N–H and O–H groups in total. The van der Waals surface area contributed by atoms with Gasteiger partial charge in [0.15, 0.2) is 5.69 Å². The molecule has 2 aromatic carbocycles. The fourth-order valence-electron chi connectivity index (χ4n) is 4.79. The number of esters is 1. The smallest absolute Gasteiger partial charge is 0.358 e. The number of rotatable bonds is 9. The Morgan fingerprint density at radius 3 is 2.48 bits per heavy atom. The van der Waals surface area contributed by atoms with E-state index in [0.717, 1.165) is 16.7 Å². The molecule has 4 aromatic rings. The summed E-state index contributed by atoms with van der Waals surface area (Å²) in [6, 6.07) is 13.9. The summed E-state index contributed by atoms with van der Waals surface area (Å²) in [7, 11) is 3.23. The van der Waals surface area contributed by atoms with Gasteiger partial charge in [0.25, 0.3) is 5.56 Å². The van der Waals surface area contributed by atoms with Crippen LogP contribution < -0.4 is 15.6 Å². The Labute approximate surface area is 243 Å². The van der Waals surface area contributed by atoms with Gasteiger partial charge < -0.3 is 23.9 Å². The lowest BCUT2D eigenvalue weighted by atomic mass is 9.96. The lowest BCUT2D eigenvalue weighted by Gasteiger charge is -2.27. The van der Waals surface area contributed by atoms with Gasteiger partial charge in [0.05, 0.1) is 36.7 Å². The SMILES string of the molecule is CCOC(=O)c1nc(-c2ccccc2OC)n(C(C)C)c1C(Nc1cc(Cl)c(=O)n(C)c1)c1ccc(Cl)cc1C. The highest BCUT2D eigenvalue weighted by Crippen LogP contribution is 2.39. The maximum absolute atomic E-state index is 13.5. The predicted molar refractivity (Wildman–Crippen MR) is 159 cm³/mol. The Morgan fingerprint density at radius 1 is 1.12 bits per heavy atom. The van der Waals surface area contributed by atoms with E-state index in [2.05, 4.69) is 5.32 Å². The van der Waals surface area contributed by atoms with Crippen LogP contribution in [-0.2, 0) is 11.8 Å². The van der Waals surface area contributed by atoms with Gasteiger partial charge in [-0.05, 0) is 69.2 Å². The van der Waals surface area contributed by atoms with Gasteiger partial charge in [-0.15, -0.1) is 0 Å². The van der Waals surface area contributed by atoms with Crippen molar-refractivity contribution in [3.63, 3.8) is 0 Å². The van der Waals surface area contributed by atoms with Crippen molar-refractivity contribution in [1.82, 2.24) is 14.1 Å². The molecule has 8 nitrogen and oxygen atoms in total. The van der Waals surface area contributed by atoms with E-state index in [1.165, 1.54) is 4.57 Å². The van der Waals surface area contributed by atoms with Crippen LogP contribution in [0.15, 0.2) is 59.5 Å². The molecule has 0 fully saturated rings. The normalized spacial score (nSPS) is 11.9. The third-order valence-corrected chi connectivity index (χ3v) is 7.05. The summed E-state index contributed by atoms with van der Waals surface area (Å²) in [5.41, 5.74) is 3.50. The summed E-state index contributed by atoms with van der Waals surface area (Å²) in [6.45, 7) is 7.93. The van der Waals surface area contributed by atoms with Crippen molar-refractivity contribution >= 4 is 34.9 Å². The van der Waals surface area contributed by atoms with Gasteiger partial charge in [-0.25, -0.2) is 9.78 Å². The molecule has 2 heterocycles. The van der Waals surface area contributed by atoms with Gasteiger partial charge in [0.1, 0.15) is 16.6 Å². The number of ether oxygens (including phenoxy) is 2. The number of anilines is 1. The molecule has 0 radical (unpaired) electrons. The lowest BCUT2D eigenvalue weighted by molar-refractivity contribution is 0.0518. The molecule has 0 aliphatic heterocycles. The molecule has 0 bridgehead atoms. The van der Waals surface area contributed by atoms with Crippen LogP contribution in [-0.4, -0.2) is 33.8 Å². The molecule has 2 aromatic heterocycles. The Morgan fingerprint density at radius 2 is 1.85 bits per heavy atom. The highest BCUT2D eigenvalue weighted by Gasteiger charge is 2.33. The van der Waals surface area contributed by atoms with Gasteiger partial charge in [-0.2, -0.15) is 0 Å². The molecule has 0 aliphatic rings. The minimum Gasteiger partial charge on any atom is -0.496 e. The number of nitrogens with zero attached hydrogens (tertiary/aromatic N) is 3. The number of pyridine rings is 1. The third-order valence-electron chi connectivity index (χ3n) is 6.55. The van der Waals surface area contributed by atoms with Crippen LogP contribution in [0.1, 0.15) is 60.2 Å². The number of nitrogens with one attached hydrogen (secondary N) is 1. The zero-order valence-electron chi connectivity index (χ0n) is 23.3. The van der Waals surface area contributed by atoms with E-state index in [-0.39, 0.29) is 28.9 Å². The van der Waals surface area contributed by atoms with Gasteiger partial charge >= 0.3 is 5.97 Å². The molecule has 0 saturated carbocycles. The average Bonchev–Trinajstić information content (AvgIpc) is 3.31. The number of carbonyl (C=O) groups excluding carboxylic acids is 1. The molecule has 0 spiro atoms. The van der Waals surface area contributed by atoms with E-state index in [0.29, 0.717) is 28.0 Å². The summed E-state index contributed by atoms with van der Waals surface area (Å²) >= 11 is 12.6. The molecular weight excluding hydrogens is 551 g/mol. The summed E-state index contributed by atoms with van der Waals surface area (Å²) < 4.78 is 14.6. The van der Waals surface area contributed by atoms with Crippen LogP contribution >= 0.6 is 23.2 Å². The van der Waals surface area contributed by atoms with Crippen molar-refractivity contribution in [3.05, 3.63) is 97.6 Å². The number of aryl methyl sites for hydroxylation is 2. The monoisotopic (exact) mass is 582 g/mol. The first kappa shape index (κ1) is 29.2. The standard InChI is InChI=1S/C30H32Cl2N4O4/c1-7-40-30(38)26-27(36(17(2)3)28(34-26)22-10-8-9-11-24(22)39-6)25(21-13-12-19(31)14-18(21)4)33-20-15-23(32)29(37)35(5)16-20/h8-17,25,33H,7H2,1-6H3. The summed E-state index contributed by atoms with van der Waals surface area (Å²) in [6.07, 6.45) is 1.66. The molecule has 210 valence electrons. The number of benzene rings is 2. The second kappa shape index (κ2) is 12.2. The van der Waals surface area contributed by atoms with Crippen LogP contribution in [0.5, 0.6) is 5.75 Å². The van der Waals surface area contributed by atoms with Crippen molar-refractivity contribution in [3.8, 4) is 17.1 Å². The van der Waals surface area contributed by atoms with Crippen LogP contribution in [0.2, 0.25) is 10.0 Å². The third kappa shape index (κ3) is 5.74. The Bertz CT molecular complexity index is 1580. The molecule has 1 unspecified atom stereocenters. The predicted octanol–water partition coefficient (Wildman–Crippen LogP) is 6.83. The molecule has 0 aliphatic carbocycles. The molecule has 1 atom stereocenters. The molecule has 10 heteroatoms. The van der Waals surface area contributed by atoms with Crippen molar-refractivity contribution in [2.45, 2.75) is 39.8 Å². The molecule has 40 heavy (non-hydrogen) atoms. The molecule has 4 rings (SSSR count). The first-order valence-corrected chi connectivity index (χ1v) is 13.6. The fourth-order valence-corrected chi connectivity index (χ4v) is 5.26. The van der Waals surface area contributed by atoms with Gasteiger partial charge in [-0.3, -0.25) is 4.79 Å². The lowest BCUT2D eigenvalue weighted by Crippen LogP contribution is -2.24. The van der Waals surface area contributed by atoms with Gasteiger partial charge in [-0.1, -0.05) is 41.4 Å². The number of imidazole rings is 1. The highest BCUT2D eigenvalue weighted by molar-refractivity contribution is 6.31. The van der Waals surface area contributed by atoms with E-state index >= 15 is 0 Å². The zero-order valence-corrected chi connectivity index (χ0v) is 24.8. The van der Waals surface area contributed by atoms with Crippen molar-refractivity contribution in [2.24, 2.45) is 7.05 Å². The van der Waals surface area contributed by atoms with Crippen molar-refractivity contribution < 1.29 is 14.3 Å². The Balaban J connectivity index is 2.08. The largest absolute Gasteiger partial charge is 0.496 e. The van der Waals surface area contributed by atoms with Crippen molar-refractivity contribution in [2.75, 3.05) is 19.0 Å². The van der Waals surface area contributed by atoms with Crippen molar-refractivity contribution in [1.29, 1.82) is 0 Å². The number of carbonyl (C=O) groups is 1. The molecule has 0 amide bonds. The van der Waals surface area contributed by atoms with Crippen LogP contribution in [0, 0.1) is 6.92 Å². The summed E-state index contributed by atoms with van der Waals surface area (Å²) in [4.78, 5) is 30.7. The number of aromatic nitrogens is 3. The quantitative estimate of drug-likeness (QED) is 0.217. The van der Waals surface area contributed by atoms with Gasteiger partial charge in [0.2, 0.25) is 0 Å².